The predicted molar refractivity (Wildman–Crippen MR) is 246 cm³/mol. The van der Waals surface area contributed by atoms with Gasteiger partial charge in [-0.3, -0.25) is 0 Å². The third kappa shape index (κ3) is 27.9. The minimum Gasteiger partial charge on any atom is -0.490 e. The van der Waals surface area contributed by atoms with Crippen molar-refractivity contribution in [1.29, 1.82) is 17.2 Å². The Balaban J connectivity index is 0.000000509. The first kappa shape index (κ1) is 40.2. The Labute approximate surface area is 396 Å². The second kappa shape index (κ2) is 29.4. The van der Waals surface area contributed by atoms with Crippen LogP contribution in [-0.2, 0) is 21.9 Å². The van der Waals surface area contributed by atoms with Gasteiger partial charge in [-0.15, -0.1) is 0 Å². The molecule has 0 spiro atoms. The van der Waals surface area contributed by atoms with Gasteiger partial charge in [0.2, 0.25) is 0 Å². The average molecular weight is 993 g/mol. The van der Waals surface area contributed by atoms with Crippen molar-refractivity contribution in [3.63, 3.8) is 0 Å². The highest BCUT2D eigenvalue weighted by molar-refractivity contribution is 6.72. The fourth-order valence-corrected chi connectivity index (χ4v) is 7.42. The van der Waals surface area contributed by atoms with Crippen molar-refractivity contribution in [2.75, 3.05) is 26.4 Å². The molecule has 18 nitrogen and oxygen atoms in total. The number of hydrogen-bond donors (Lipinski definition) is 12. The lowest BCUT2D eigenvalue weighted by molar-refractivity contribution is -0.0616. The Morgan fingerprint density at radius 3 is 1.27 bits per heavy atom. The largest absolute Gasteiger partial charge is 0.528 e. The maximum Gasteiger partial charge on any atom is 0.528 e. The molecule has 0 heterocycles. The molecular weight excluding hydrogens is 905 g/mol. The van der Waals surface area contributed by atoms with Crippen LogP contribution in [0.1, 0.15) is 45.2 Å². The van der Waals surface area contributed by atoms with Gasteiger partial charge in [0.1, 0.15) is 36.2 Å². The molecule has 0 bridgehead atoms. The first-order valence-electron chi connectivity index (χ1n) is 24.7. The summed E-state index contributed by atoms with van der Waals surface area (Å²) in [4.78, 5) is 51.3. The highest BCUT2D eigenvalue weighted by Gasteiger charge is 2.31. The summed E-state index contributed by atoms with van der Waals surface area (Å²) in [5, 5.41) is 0.660. The smallest absolute Gasteiger partial charge is 0.490 e. The molecule has 12 N–H and O–H groups in total. The maximum atomic E-state index is 6.89. The van der Waals surface area contributed by atoms with E-state index >= 15 is 0 Å². The average Bonchev–Trinajstić information content (AvgIpc) is 3.46. The number of rotatable bonds is 34. The summed E-state index contributed by atoms with van der Waals surface area (Å²) >= 11 is 0. The van der Waals surface area contributed by atoms with Crippen molar-refractivity contribution < 1.29 is 86.0 Å². The lowest BCUT2D eigenvalue weighted by Crippen LogP contribution is -2.48. The summed E-state index contributed by atoms with van der Waals surface area (Å²) in [6.07, 6.45) is 3.87. The molecule has 0 fully saturated rings. The molecule has 4 aromatic rings. The molecule has 4 rings (SSSR count). The van der Waals surface area contributed by atoms with E-state index in [2.05, 4.69) is 70.7 Å². The van der Waals surface area contributed by atoms with Crippen LogP contribution in [0.25, 0.3) is 0 Å². The standard InChI is InChI=1S/C13H22O5Si.C10H16O5Si.C10H14O4Si.C9H12O4Si/c1-3-17-11(2)18-13-8-6-12(7-9-13)5-4-10-19(14,15)16;1-3-14-8(2)15-9-4-6-10(7-5-9)16(11,12)13;1-2-7-14-10-5-3-9(4-6-10)8-15(11,12)13;1-2-7-13-8-3-5-9(6-4-8)14(10,11)12/h6-9,11,14-16H,3-5,10H2,1-2H3;4-8,11-13H,3H2,1-2H3;2-6,11-13H,1,7-8H2;2-6,10-12H,1,7H2/i14T,15T,16T;2*11T,12T,13T;10T,11T,12T. The zero-order valence-electron chi connectivity index (χ0n) is 48.0. The molecule has 64 heavy (non-hydrogen) atoms. The Morgan fingerprint density at radius 2 is 0.891 bits per heavy atom. The molecule has 22 heteroatoms. The van der Waals surface area contributed by atoms with Gasteiger partial charge in [0.15, 0.2) is 29.8 Å². The maximum absolute atomic E-state index is 6.89. The van der Waals surface area contributed by atoms with Crippen molar-refractivity contribution in [3.05, 3.63) is 133 Å². The van der Waals surface area contributed by atoms with E-state index in [1.54, 1.807) is 67.6 Å². The fraction of sp³-hybridized carbons (Fsp3) is 0.333. The van der Waals surface area contributed by atoms with Gasteiger partial charge in [-0.05, 0) is 100 Å². The summed E-state index contributed by atoms with van der Waals surface area (Å²) < 4.78 is 114. The summed E-state index contributed by atoms with van der Waals surface area (Å²) in [6.45, 7) is 16.4. The van der Waals surface area contributed by atoms with Crippen LogP contribution < -0.4 is 29.3 Å². The van der Waals surface area contributed by atoms with E-state index in [9.17, 15) is 0 Å². The summed E-state index contributed by atoms with van der Waals surface area (Å²) in [7, 11) is -14.5. The number of aryl methyl sites for hydroxylation is 1. The van der Waals surface area contributed by atoms with Crippen molar-refractivity contribution in [1.82, 2.24) is 0 Å². The number of ether oxygens (including phenoxy) is 6. The molecular formula is C42H64O18Si4. The Bertz CT molecular complexity index is 2080. The van der Waals surface area contributed by atoms with Gasteiger partial charge in [-0.1, -0.05) is 73.8 Å². The van der Waals surface area contributed by atoms with Crippen LogP contribution in [0.15, 0.2) is 122 Å². The number of benzene rings is 4. The summed E-state index contributed by atoms with van der Waals surface area (Å²) in [5.41, 5.74) is 1.80. The van der Waals surface area contributed by atoms with E-state index in [1.807, 2.05) is 45.0 Å². The third-order valence-electron chi connectivity index (χ3n) is 7.77. The highest BCUT2D eigenvalue weighted by Crippen LogP contribution is 2.17. The number of hydrogen-bond acceptors (Lipinski definition) is 18. The monoisotopic (exact) mass is 992 g/mol. The highest BCUT2D eigenvalue weighted by atomic mass is 28.4. The molecule has 2 unspecified atom stereocenters. The van der Waals surface area contributed by atoms with Gasteiger partial charge in [0, 0.05) is 35.7 Å². The SMILES string of the molecule is [3H]O[Si](CCCc1ccc(OC(C)OCC)cc1)(O[3H])O[3H].[3H]O[Si](Cc1ccc(OCC=C)cc1)(O[3H])O[3H].[3H]O[Si](O[3H])(O[3H])c1ccc(OC(C)OCC)cc1.[3H]O[Si](O[3H])(O[3H])c1ccc(OCC=C)cc1. The normalized spacial score (nSPS) is 14.8. The van der Waals surface area contributed by atoms with Crippen molar-refractivity contribution in [2.45, 2.75) is 65.2 Å². The first-order chi connectivity index (χ1) is 36.6. The second-order valence-electron chi connectivity index (χ2n) is 13.3. The quantitative estimate of drug-likeness (QED) is 0.0172. The van der Waals surface area contributed by atoms with Crippen LogP contribution in [0, 0.1) is 0 Å². The van der Waals surface area contributed by atoms with Gasteiger partial charge in [0.25, 0.3) is 0 Å². The summed E-state index contributed by atoms with van der Waals surface area (Å²) in [6, 6.07) is 27.4. The van der Waals surface area contributed by atoms with Gasteiger partial charge in [0.05, 0.1) is 0 Å². The van der Waals surface area contributed by atoms with E-state index in [0.29, 0.717) is 66.9 Å². The summed E-state index contributed by atoms with van der Waals surface area (Å²) in [5.74, 6) is 2.55. The van der Waals surface area contributed by atoms with E-state index in [0.717, 1.165) is 16.9 Å². The molecule has 0 aromatic heterocycles. The van der Waals surface area contributed by atoms with Crippen LogP contribution >= 0.6 is 0 Å². The molecule has 356 valence electrons. The fourth-order valence-electron chi connectivity index (χ4n) is 4.92. The van der Waals surface area contributed by atoms with Gasteiger partial charge < -0.3 is 86.0 Å². The molecule has 0 aliphatic rings. The van der Waals surface area contributed by atoms with Crippen molar-refractivity contribution in [2.24, 2.45) is 0 Å². The van der Waals surface area contributed by atoms with E-state index in [1.165, 1.54) is 24.3 Å². The molecule has 0 saturated carbocycles. The van der Waals surface area contributed by atoms with Gasteiger partial charge in [-0.25, -0.2) is 0 Å². The van der Waals surface area contributed by atoms with E-state index < -0.39 is 35.2 Å². The van der Waals surface area contributed by atoms with Crippen LogP contribution in [-0.4, -0.2) is 149 Å². The van der Waals surface area contributed by atoms with Crippen LogP contribution in [0.3, 0.4) is 0 Å². The lowest BCUT2D eigenvalue weighted by atomic mass is 10.1. The predicted octanol–water partition coefficient (Wildman–Crippen LogP) is 0.490. The van der Waals surface area contributed by atoms with Crippen LogP contribution in [0.2, 0.25) is 6.04 Å². The topological polar surface area (TPSA) is 298 Å². The van der Waals surface area contributed by atoms with Gasteiger partial charge in [-0.2, -0.15) is 0 Å². The minimum absolute atomic E-state index is 0.0746. The molecule has 2 atom stereocenters. The van der Waals surface area contributed by atoms with Crippen molar-refractivity contribution in [3.8, 4) is 23.0 Å². The lowest BCUT2D eigenvalue weighted by Gasteiger charge is -2.15. The van der Waals surface area contributed by atoms with Crippen LogP contribution in [0.4, 0.5) is 0 Å². The first-order valence-corrected chi connectivity index (χ1v) is 27.1. The third-order valence-corrected chi connectivity index (χ3v) is 11.7. The molecule has 0 amide bonds. The molecule has 0 radical (unpaired) electrons. The zero-order chi connectivity index (χ0) is 56.9. The van der Waals surface area contributed by atoms with Crippen LogP contribution in [0.5, 0.6) is 23.0 Å². The molecule has 0 aliphatic heterocycles. The Kier molecular flexibility index (Phi) is 18.5. The molecule has 0 aliphatic carbocycles. The Morgan fingerprint density at radius 1 is 0.516 bits per heavy atom. The zero-order valence-corrected chi connectivity index (χ0v) is 40.0. The second-order valence-corrected chi connectivity index (χ2v) is 20.3. The van der Waals surface area contributed by atoms with Gasteiger partial charge >= 0.3 is 35.2 Å². The molecule has 0 saturated heterocycles. The van der Waals surface area contributed by atoms with Crippen molar-refractivity contribution >= 4 is 45.6 Å². The minimum atomic E-state index is -3.76. The van der Waals surface area contributed by atoms with E-state index in [4.69, 9.17) is 45.6 Å². The Hall–Kier alpha value is -4.13. The molecule has 4 aromatic carbocycles. The van der Waals surface area contributed by atoms with E-state index in [-0.39, 0.29) is 24.7 Å².